The summed E-state index contributed by atoms with van der Waals surface area (Å²) in [6.07, 6.45) is 0. The first kappa shape index (κ1) is 10.9. The van der Waals surface area contributed by atoms with Gasteiger partial charge in [0.25, 0.3) is 0 Å². The minimum atomic E-state index is -0.355. The van der Waals surface area contributed by atoms with Crippen LogP contribution in [-0.2, 0) is 0 Å². The summed E-state index contributed by atoms with van der Waals surface area (Å²) in [5.41, 5.74) is 0.893. The van der Waals surface area contributed by atoms with E-state index in [1.807, 2.05) is 0 Å². The summed E-state index contributed by atoms with van der Waals surface area (Å²) in [4.78, 5) is 23.8. The SMILES string of the molecule is COc1cccc2c1C(=O)C(Cl)=C(C)C2=O. The molecule has 0 N–H and O–H groups in total. The third-order valence-corrected chi connectivity index (χ3v) is 3.04. The van der Waals surface area contributed by atoms with Crippen molar-refractivity contribution < 1.29 is 14.3 Å². The first-order chi connectivity index (χ1) is 7.57. The van der Waals surface area contributed by atoms with Gasteiger partial charge in [0, 0.05) is 11.1 Å². The smallest absolute Gasteiger partial charge is 0.209 e. The summed E-state index contributed by atoms with van der Waals surface area (Å²) in [5.74, 6) is -0.203. The molecular weight excluding hydrogens is 228 g/mol. The Hall–Kier alpha value is -1.61. The average Bonchev–Trinajstić information content (AvgIpc) is 2.32. The fourth-order valence-electron chi connectivity index (χ4n) is 1.71. The first-order valence-corrected chi connectivity index (χ1v) is 5.08. The number of ether oxygens (including phenoxy) is 1. The predicted molar refractivity (Wildman–Crippen MR) is 60.2 cm³/mol. The Morgan fingerprint density at radius 1 is 1.19 bits per heavy atom. The number of hydrogen-bond acceptors (Lipinski definition) is 3. The van der Waals surface area contributed by atoms with Gasteiger partial charge in [-0.25, -0.2) is 0 Å². The van der Waals surface area contributed by atoms with Crippen molar-refractivity contribution in [2.45, 2.75) is 6.92 Å². The Morgan fingerprint density at radius 3 is 2.50 bits per heavy atom. The van der Waals surface area contributed by atoms with E-state index in [9.17, 15) is 9.59 Å². The molecular formula is C12H9ClO3. The van der Waals surface area contributed by atoms with Gasteiger partial charge in [-0.05, 0) is 13.0 Å². The Balaban J connectivity index is 2.76. The fourth-order valence-corrected chi connectivity index (χ4v) is 1.89. The minimum absolute atomic E-state index is 0.0259. The van der Waals surface area contributed by atoms with Crippen LogP contribution in [0.1, 0.15) is 27.6 Å². The Labute approximate surface area is 97.7 Å². The number of methoxy groups -OCH3 is 1. The second-order valence-corrected chi connectivity index (χ2v) is 3.86. The molecule has 82 valence electrons. The third kappa shape index (κ3) is 1.36. The van der Waals surface area contributed by atoms with Crippen LogP contribution in [0.15, 0.2) is 28.8 Å². The molecule has 1 aliphatic rings. The van der Waals surface area contributed by atoms with E-state index in [0.717, 1.165) is 0 Å². The molecule has 0 spiro atoms. The molecule has 0 saturated heterocycles. The van der Waals surface area contributed by atoms with Crippen LogP contribution in [0.4, 0.5) is 0 Å². The second kappa shape index (κ2) is 3.76. The van der Waals surface area contributed by atoms with Crippen molar-refractivity contribution in [1.82, 2.24) is 0 Å². The highest BCUT2D eigenvalue weighted by atomic mass is 35.5. The minimum Gasteiger partial charge on any atom is -0.496 e. The standard InChI is InChI=1S/C12H9ClO3/c1-6-10(13)12(15)9-7(11(6)14)4-3-5-8(9)16-2/h3-5H,1-2H3. The maximum Gasteiger partial charge on any atom is 0.209 e. The molecule has 0 bridgehead atoms. The molecule has 0 aromatic heterocycles. The molecule has 0 unspecified atom stereocenters. The number of halogens is 1. The summed E-state index contributed by atoms with van der Waals surface area (Å²) >= 11 is 5.82. The molecule has 0 heterocycles. The fraction of sp³-hybridized carbons (Fsp3) is 0.167. The number of fused-ring (bicyclic) bond motifs is 1. The number of rotatable bonds is 1. The topological polar surface area (TPSA) is 43.4 Å². The van der Waals surface area contributed by atoms with Crippen LogP contribution >= 0.6 is 11.6 Å². The lowest BCUT2D eigenvalue weighted by molar-refractivity contribution is 0.0978. The summed E-state index contributed by atoms with van der Waals surface area (Å²) in [6, 6.07) is 4.91. The molecule has 0 atom stereocenters. The maximum absolute atomic E-state index is 11.9. The molecule has 0 amide bonds. The van der Waals surface area contributed by atoms with Crippen molar-refractivity contribution in [3.05, 3.63) is 39.9 Å². The van der Waals surface area contributed by atoms with Crippen molar-refractivity contribution in [3.63, 3.8) is 0 Å². The Morgan fingerprint density at radius 2 is 1.88 bits per heavy atom. The van der Waals surface area contributed by atoms with Crippen LogP contribution in [0.2, 0.25) is 0 Å². The van der Waals surface area contributed by atoms with Crippen LogP contribution in [0.25, 0.3) is 0 Å². The number of hydrogen-bond donors (Lipinski definition) is 0. The van der Waals surface area contributed by atoms with Crippen LogP contribution < -0.4 is 4.74 Å². The lowest BCUT2D eigenvalue weighted by Crippen LogP contribution is -2.19. The van der Waals surface area contributed by atoms with Gasteiger partial charge in [-0.3, -0.25) is 9.59 Å². The monoisotopic (exact) mass is 236 g/mol. The van der Waals surface area contributed by atoms with Crippen molar-refractivity contribution in [1.29, 1.82) is 0 Å². The van der Waals surface area contributed by atoms with E-state index in [2.05, 4.69) is 0 Å². The van der Waals surface area contributed by atoms with E-state index in [-0.39, 0.29) is 27.7 Å². The number of Topliss-reactive ketones (excluding diaryl/α,β-unsaturated/α-hetero) is 2. The maximum atomic E-state index is 11.9. The van der Waals surface area contributed by atoms with Crippen LogP contribution in [0.3, 0.4) is 0 Å². The molecule has 4 heteroatoms. The predicted octanol–water partition coefficient (Wildman–Crippen LogP) is 2.59. The highest BCUT2D eigenvalue weighted by Gasteiger charge is 2.31. The van der Waals surface area contributed by atoms with Gasteiger partial charge >= 0.3 is 0 Å². The Kier molecular flexibility index (Phi) is 2.56. The van der Waals surface area contributed by atoms with E-state index in [1.165, 1.54) is 7.11 Å². The van der Waals surface area contributed by atoms with E-state index >= 15 is 0 Å². The molecule has 0 radical (unpaired) electrons. The molecule has 1 aromatic rings. The number of carbonyl (C=O) groups excluding carboxylic acids is 2. The largest absolute Gasteiger partial charge is 0.496 e. The highest BCUT2D eigenvalue weighted by molar-refractivity contribution is 6.50. The normalized spacial score (nSPS) is 15.2. The zero-order valence-corrected chi connectivity index (χ0v) is 9.59. The van der Waals surface area contributed by atoms with Gasteiger partial charge in [0.15, 0.2) is 5.78 Å². The lowest BCUT2D eigenvalue weighted by atomic mass is 9.89. The van der Waals surface area contributed by atoms with Gasteiger partial charge in [-0.2, -0.15) is 0 Å². The summed E-state index contributed by atoms with van der Waals surface area (Å²) < 4.78 is 5.06. The molecule has 0 fully saturated rings. The summed E-state index contributed by atoms with van der Waals surface area (Å²) in [7, 11) is 1.45. The molecule has 3 nitrogen and oxygen atoms in total. The van der Waals surface area contributed by atoms with Crippen molar-refractivity contribution >= 4 is 23.2 Å². The van der Waals surface area contributed by atoms with E-state index in [1.54, 1.807) is 25.1 Å². The van der Waals surface area contributed by atoms with E-state index in [4.69, 9.17) is 16.3 Å². The van der Waals surface area contributed by atoms with Gasteiger partial charge in [-0.15, -0.1) is 0 Å². The van der Waals surface area contributed by atoms with E-state index < -0.39 is 0 Å². The first-order valence-electron chi connectivity index (χ1n) is 4.70. The van der Waals surface area contributed by atoms with Gasteiger partial charge in [-0.1, -0.05) is 23.7 Å². The summed E-state index contributed by atoms with van der Waals surface area (Å²) in [6.45, 7) is 1.55. The third-order valence-electron chi connectivity index (χ3n) is 2.59. The molecule has 1 aromatic carbocycles. The average molecular weight is 237 g/mol. The van der Waals surface area contributed by atoms with Crippen molar-refractivity contribution in [2.75, 3.05) is 7.11 Å². The van der Waals surface area contributed by atoms with Crippen LogP contribution in [-0.4, -0.2) is 18.7 Å². The second-order valence-electron chi connectivity index (χ2n) is 3.48. The quantitative estimate of drug-likeness (QED) is 0.753. The Bertz CT molecular complexity index is 529. The number of carbonyl (C=O) groups is 2. The van der Waals surface area contributed by atoms with Crippen LogP contribution in [0.5, 0.6) is 5.75 Å². The van der Waals surface area contributed by atoms with Crippen molar-refractivity contribution in [3.8, 4) is 5.75 Å². The number of benzene rings is 1. The molecule has 2 rings (SSSR count). The van der Waals surface area contributed by atoms with Gasteiger partial charge in [0.1, 0.15) is 5.75 Å². The number of ketones is 2. The van der Waals surface area contributed by atoms with Gasteiger partial charge in [0.05, 0.1) is 17.7 Å². The highest BCUT2D eigenvalue weighted by Crippen LogP contribution is 2.33. The zero-order chi connectivity index (χ0) is 11.9. The lowest BCUT2D eigenvalue weighted by Gasteiger charge is -2.17. The van der Waals surface area contributed by atoms with Crippen molar-refractivity contribution in [2.24, 2.45) is 0 Å². The zero-order valence-electron chi connectivity index (χ0n) is 8.83. The molecule has 16 heavy (non-hydrogen) atoms. The molecule has 0 aliphatic heterocycles. The summed E-state index contributed by atoms with van der Waals surface area (Å²) in [5, 5.41) is -0.0259. The van der Waals surface area contributed by atoms with Crippen LogP contribution in [0, 0.1) is 0 Å². The van der Waals surface area contributed by atoms with Gasteiger partial charge in [0.2, 0.25) is 5.78 Å². The number of allylic oxidation sites excluding steroid dienone is 2. The van der Waals surface area contributed by atoms with Gasteiger partial charge < -0.3 is 4.74 Å². The molecule has 1 aliphatic carbocycles. The molecule has 0 saturated carbocycles. The van der Waals surface area contributed by atoms with E-state index in [0.29, 0.717) is 11.3 Å².